The number of benzene rings is 1. The standard InChI is InChI=1S/C11H7Cl2NO2/c12-7-3-8(11(16)9(13)4-7)10(15)6-1-2-14-5-6/h1-5,14,16H. The summed E-state index contributed by atoms with van der Waals surface area (Å²) in [4.78, 5) is 14.7. The molecule has 0 amide bonds. The van der Waals surface area contributed by atoms with E-state index in [1.54, 1.807) is 12.3 Å². The lowest BCUT2D eigenvalue weighted by atomic mass is 10.1. The zero-order chi connectivity index (χ0) is 11.7. The lowest BCUT2D eigenvalue weighted by Crippen LogP contribution is -2.00. The zero-order valence-electron chi connectivity index (χ0n) is 8.00. The van der Waals surface area contributed by atoms with Gasteiger partial charge in [0.15, 0.2) is 5.78 Å². The molecule has 0 bridgehead atoms. The fourth-order valence-electron chi connectivity index (χ4n) is 1.36. The second-order valence-electron chi connectivity index (χ2n) is 3.21. The van der Waals surface area contributed by atoms with Crippen LogP contribution in [0.15, 0.2) is 30.6 Å². The number of halogens is 2. The molecule has 0 aliphatic rings. The Morgan fingerprint density at radius 3 is 2.69 bits per heavy atom. The van der Waals surface area contributed by atoms with E-state index in [1.807, 2.05) is 0 Å². The number of carbonyl (C=O) groups excluding carboxylic acids is 1. The number of aromatic nitrogens is 1. The van der Waals surface area contributed by atoms with E-state index in [0.29, 0.717) is 10.6 Å². The van der Waals surface area contributed by atoms with Gasteiger partial charge in [0.2, 0.25) is 0 Å². The van der Waals surface area contributed by atoms with Crippen LogP contribution in [0.1, 0.15) is 15.9 Å². The van der Waals surface area contributed by atoms with Crippen molar-refractivity contribution in [3.8, 4) is 5.75 Å². The van der Waals surface area contributed by atoms with Gasteiger partial charge in [-0.3, -0.25) is 4.79 Å². The molecule has 0 atom stereocenters. The van der Waals surface area contributed by atoms with Crippen LogP contribution in [0.2, 0.25) is 10.0 Å². The van der Waals surface area contributed by atoms with Crippen LogP contribution >= 0.6 is 23.2 Å². The summed E-state index contributed by atoms with van der Waals surface area (Å²) in [5.41, 5.74) is 0.533. The van der Waals surface area contributed by atoms with E-state index in [-0.39, 0.29) is 22.1 Å². The van der Waals surface area contributed by atoms with Crippen LogP contribution in [-0.4, -0.2) is 15.9 Å². The van der Waals surface area contributed by atoms with Gasteiger partial charge in [0.05, 0.1) is 10.6 Å². The molecule has 0 saturated heterocycles. The van der Waals surface area contributed by atoms with Crippen molar-refractivity contribution >= 4 is 29.0 Å². The van der Waals surface area contributed by atoms with Crippen LogP contribution in [0, 0.1) is 0 Å². The molecule has 0 radical (unpaired) electrons. The number of phenols is 1. The average Bonchev–Trinajstić information content (AvgIpc) is 2.75. The molecular weight excluding hydrogens is 249 g/mol. The Morgan fingerprint density at radius 2 is 2.06 bits per heavy atom. The smallest absolute Gasteiger partial charge is 0.198 e. The number of nitrogens with one attached hydrogen (secondary N) is 1. The van der Waals surface area contributed by atoms with Gasteiger partial charge in [-0.25, -0.2) is 0 Å². The first kappa shape index (κ1) is 11.0. The molecule has 0 unspecified atom stereocenters. The average molecular weight is 256 g/mol. The number of aromatic amines is 1. The predicted octanol–water partition coefficient (Wildman–Crippen LogP) is 3.26. The Kier molecular flexibility index (Phi) is 2.90. The van der Waals surface area contributed by atoms with Gasteiger partial charge in [0, 0.05) is 23.0 Å². The monoisotopic (exact) mass is 255 g/mol. The predicted molar refractivity (Wildman–Crippen MR) is 62.4 cm³/mol. The highest BCUT2D eigenvalue weighted by atomic mass is 35.5. The second-order valence-corrected chi connectivity index (χ2v) is 4.06. The van der Waals surface area contributed by atoms with Gasteiger partial charge in [0.25, 0.3) is 0 Å². The quantitative estimate of drug-likeness (QED) is 0.810. The number of aromatic hydroxyl groups is 1. The summed E-state index contributed by atoms with van der Waals surface area (Å²) in [5.74, 6) is -0.583. The first-order chi connectivity index (χ1) is 7.59. The molecule has 1 aromatic carbocycles. The van der Waals surface area contributed by atoms with Crippen molar-refractivity contribution in [1.29, 1.82) is 0 Å². The van der Waals surface area contributed by atoms with Crippen LogP contribution < -0.4 is 0 Å². The first-order valence-corrected chi connectivity index (χ1v) is 5.20. The highest BCUT2D eigenvalue weighted by molar-refractivity contribution is 6.36. The molecule has 2 rings (SSSR count). The summed E-state index contributed by atoms with van der Waals surface area (Å²) in [5, 5.41) is 10.0. The molecule has 2 N–H and O–H groups in total. The molecule has 1 aromatic heterocycles. The minimum absolute atomic E-state index is 0.0615. The van der Waals surface area contributed by atoms with E-state index >= 15 is 0 Å². The number of hydrogen-bond acceptors (Lipinski definition) is 2. The van der Waals surface area contributed by atoms with Gasteiger partial charge < -0.3 is 10.1 Å². The maximum Gasteiger partial charge on any atom is 0.198 e. The van der Waals surface area contributed by atoms with Gasteiger partial charge in [0.1, 0.15) is 5.75 Å². The molecule has 82 valence electrons. The molecule has 0 aliphatic carbocycles. The Labute approximate surface area is 102 Å². The lowest BCUT2D eigenvalue weighted by molar-refractivity contribution is 0.103. The fourth-order valence-corrected chi connectivity index (χ4v) is 1.85. The Bertz CT molecular complexity index is 535. The van der Waals surface area contributed by atoms with Crippen molar-refractivity contribution < 1.29 is 9.90 Å². The van der Waals surface area contributed by atoms with E-state index in [1.165, 1.54) is 18.3 Å². The van der Waals surface area contributed by atoms with Crippen molar-refractivity contribution in [2.75, 3.05) is 0 Å². The Morgan fingerprint density at radius 1 is 1.31 bits per heavy atom. The minimum atomic E-state index is -0.330. The number of phenolic OH excluding ortho intramolecular Hbond substituents is 1. The zero-order valence-corrected chi connectivity index (χ0v) is 9.51. The maximum absolute atomic E-state index is 11.9. The SMILES string of the molecule is O=C(c1cc[nH]c1)c1cc(Cl)cc(Cl)c1O. The van der Waals surface area contributed by atoms with E-state index < -0.39 is 0 Å². The highest BCUT2D eigenvalue weighted by Gasteiger charge is 2.17. The van der Waals surface area contributed by atoms with Gasteiger partial charge in [-0.2, -0.15) is 0 Å². The summed E-state index contributed by atoms with van der Waals surface area (Å²) in [6.45, 7) is 0. The third-order valence-corrected chi connectivity index (χ3v) is 2.64. The minimum Gasteiger partial charge on any atom is -0.506 e. The van der Waals surface area contributed by atoms with Crippen LogP contribution in [0.25, 0.3) is 0 Å². The van der Waals surface area contributed by atoms with Crippen molar-refractivity contribution in [2.45, 2.75) is 0 Å². The second kappa shape index (κ2) is 4.20. The summed E-state index contributed by atoms with van der Waals surface area (Å²) in [6, 6.07) is 4.38. The molecule has 0 saturated carbocycles. The summed E-state index contributed by atoms with van der Waals surface area (Å²) >= 11 is 11.5. The number of H-pyrrole nitrogens is 1. The molecule has 0 fully saturated rings. The third kappa shape index (κ3) is 1.92. The van der Waals surface area contributed by atoms with Gasteiger partial charge in [-0.15, -0.1) is 0 Å². The summed E-state index contributed by atoms with van der Waals surface area (Å²) < 4.78 is 0. The molecule has 16 heavy (non-hydrogen) atoms. The van der Waals surface area contributed by atoms with E-state index in [2.05, 4.69) is 4.98 Å². The molecule has 5 heteroatoms. The molecular formula is C11H7Cl2NO2. The highest BCUT2D eigenvalue weighted by Crippen LogP contribution is 2.32. The van der Waals surface area contributed by atoms with E-state index in [9.17, 15) is 9.90 Å². The molecule has 0 aliphatic heterocycles. The number of ketones is 1. The van der Waals surface area contributed by atoms with Crippen molar-refractivity contribution in [3.63, 3.8) is 0 Å². The lowest BCUT2D eigenvalue weighted by Gasteiger charge is -2.04. The van der Waals surface area contributed by atoms with Gasteiger partial charge in [-0.1, -0.05) is 23.2 Å². The molecule has 2 aromatic rings. The number of hydrogen-bond donors (Lipinski definition) is 2. The first-order valence-electron chi connectivity index (χ1n) is 4.45. The van der Waals surface area contributed by atoms with E-state index in [4.69, 9.17) is 23.2 Å². The molecule has 3 nitrogen and oxygen atoms in total. The van der Waals surface area contributed by atoms with Crippen molar-refractivity contribution in [2.24, 2.45) is 0 Å². The fraction of sp³-hybridized carbons (Fsp3) is 0. The number of rotatable bonds is 2. The van der Waals surface area contributed by atoms with Crippen LogP contribution in [0.3, 0.4) is 0 Å². The van der Waals surface area contributed by atoms with Crippen LogP contribution in [0.4, 0.5) is 0 Å². The van der Waals surface area contributed by atoms with E-state index in [0.717, 1.165) is 0 Å². The largest absolute Gasteiger partial charge is 0.506 e. The summed E-state index contributed by atoms with van der Waals surface area (Å²) in [7, 11) is 0. The molecule has 0 spiro atoms. The van der Waals surface area contributed by atoms with Crippen LogP contribution in [-0.2, 0) is 0 Å². The van der Waals surface area contributed by atoms with Gasteiger partial charge >= 0.3 is 0 Å². The Balaban J connectivity index is 2.52. The summed E-state index contributed by atoms with van der Waals surface area (Å²) in [6.07, 6.45) is 3.16. The number of carbonyl (C=O) groups is 1. The Hall–Kier alpha value is -1.45. The van der Waals surface area contributed by atoms with Crippen molar-refractivity contribution in [3.05, 3.63) is 51.8 Å². The maximum atomic E-state index is 11.9. The normalized spacial score (nSPS) is 10.4. The van der Waals surface area contributed by atoms with Crippen molar-refractivity contribution in [1.82, 2.24) is 4.98 Å². The molecule has 1 heterocycles. The van der Waals surface area contributed by atoms with Crippen LogP contribution in [0.5, 0.6) is 5.75 Å². The topological polar surface area (TPSA) is 53.1 Å². The third-order valence-electron chi connectivity index (χ3n) is 2.13. The van der Waals surface area contributed by atoms with Gasteiger partial charge in [-0.05, 0) is 18.2 Å².